The van der Waals surface area contributed by atoms with Crippen molar-refractivity contribution in [3.8, 4) is 0 Å². The first-order chi connectivity index (χ1) is 9.11. The summed E-state index contributed by atoms with van der Waals surface area (Å²) in [5.41, 5.74) is 5.55. The van der Waals surface area contributed by atoms with E-state index < -0.39 is 0 Å². The van der Waals surface area contributed by atoms with Gasteiger partial charge in [0.2, 0.25) is 5.88 Å². The summed E-state index contributed by atoms with van der Waals surface area (Å²) >= 11 is 0. The Morgan fingerprint density at radius 1 is 1.21 bits per heavy atom. The van der Waals surface area contributed by atoms with Gasteiger partial charge in [0.1, 0.15) is 23.7 Å². The minimum Gasteiger partial charge on any atom is -0.445 e. The highest BCUT2D eigenvalue weighted by Gasteiger charge is 2.11. The van der Waals surface area contributed by atoms with Crippen molar-refractivity contribution in [2.75, 3.05) is 37.0 Å². The van der Waals surface area contributed by atoms with Gasteiger partial charge >= 0.3 is 0 Å². The summed E-state index contributed by atoms with van der Waals surface area (Å²) in [6.07, 6.45) is 1.55. The number of hydrogen-bond acceptors (Lipinski definition) is 6. The maximum atomic E-state index is 5.58. The molecule has 0 fully saturated rings. The minimum atomic E-state index is 0.586. The molecule has 0 bridgehead atoms. The smallest absolute Gasteiger partial charge is 0.200 e. The minimum absolute atomic E-state index is 0.586. The fourth-order valence-corrected chi connectivity index (χ4v) is 1.75. The highest BCUT2D eigenvalue weighted by molar-refractivity contribution is 5.57. The van der Waals surface area contributed by atoms with Crippen LogP contribution in [0.1, 0.15) is 5.76 Å². The Kier molecular flexibility index (Phi) is 4.01. The summed E-state index contributed by atoms with van der Waals surface area (Å²) in [6.45, 7) is 3.25. The number of nitrogens with zero attached hydrogens (tertiary/aromatic N) is 4. The molecule has 0 radical (unpaired) electrons. The van der Waals surface area contributed by atoms with E-state index >= 15 is 0 Å². The van der Waals surface area contributed by atoms with Gasteiger partial charge in [-0.15, -0.1) is 0 Å². The van der Waals surface area contributed by atoms with E-state index in [0.717, 1.165) is 29.8 Å². The summed E-state index contributed by atoms with van der Waals surface area (Å²) in [5, 5.41) is 0. The molecule has 0 aliphatic heterocycles. The van der Waals surface area contributed by atoms with Gasteiger partial charge in [-0.1, -0.05) is 0 Å². The molecule has 0 aliphatic rings. The molecule has 19 heavy (non-hydrogen) atoms. The molecule has 2 rings (SSSR count). The monoisotopic (exact) mass is 261 g/mol. The number of furan rings is 1. The van der Waals surface area contributed by atoms with Gasteiger partial charge in [0.05, 0.1) is 0 Å². The molecular formula is C13H19N5O. The largest absolute Gasteiger partial charge is 0.445 e. The number of likely N-dealkylation sites (N-methyl/N-ethyl adjacent to an activating group) is 1. The van der Waals surface area contributed by atoms with Crippen LogP contribution in [0.15, 0.2) is 28.9 Å². The van der Waals surface area contributed by atoms with Crippen LogP contribution in [0.25, 0.3) is 0 Å². The summed E-state index contributed by atoms with van der Waals surface area (Å²) in [5.74, 6) is 3.24. The number of aromatic nitrogens is 2. The summed E-state index contributed by atoms with van der Waals surface area (Å²) < 4.78 is 5.58. The molecule has 2 heterocycles. The SMILES string of the molecule is Cc1ccc(N(C)c2cc(N(C)CCN)ncn2)o1. The van der Waals surface area contributed by atoms with Gasteiger partial charge in [-0.25, -0.2) is 9.97 Å². The molecule has 2 N–H and O–H groups in total. The number of aryl methyl sites for hydroxylation is 1. The molecule has 0 saturated heterocycles. The molecule has 6 nitrogen and oxygen atoms in total. The van der Waals surface area contributed by atoms with Crippen molar-refractivity contribution in [3.63, 3.8) is 0 Å². The normalized spacial score (nSPS) is 10.5. The van der Waals surface area contributed by atoms with Crippen molar-refractivity contribution in [2.45, 2.75) is 6.92 Å². The number of anilines is 3. The molecule has 102 valence electrons. The Morgan fingerprint density at radius 2 is 1.95 bits per heavy atom. The lowest BCUT2D eigenvalue weighted by molar-refractivity contribution is 0.537. The Morgan fingerprint density at radius 3 is 2.58 bits per heavy atom. The van der Waals surface area contributed by atoms with Crippen molar-refractivity contribution >= 4 is 17.5 Å². The van der Waals surface area contributed by atoms with Crippen molar-refractivity contribution < 1.29 is 4.42 Å². The zero-order valence-corrected chi connectivity index (χ0v) is 11.5. The average Bonchev–Trinajstić information content (AvgIpc) is 2.85. The number of hydrogen-bond donors (Lipinski definition) is 1. The average molecular weight is 261 g/mol. The Hall–Kier alpha value is -2.08. The second kappa shape index (κ2) is 5.71. The summed E-state index contributed by atoms with van der Waals surface area (Å²) in [7, 11) is 3.86. The lowest BCUT2D eigenvalue weighted by Crippen LogP contribution is -2.26. The predicted molar refractivity (Wildman–Crippen MR) is 75.9 cm³/mol. The number of rotatable bonds is 5. The van der Waals surface area contributed by atoms with Crippen molar-refractivity contribution in [1.82, 2.24) is 9.97 Å². The lowest BCUT2D eigenvalue weighted by atomic mass is 10.4. The predicted octanol–water partition coefficient (Wildman–Crippen LogP) is 1.54. The quantitative estimate of drug-likeness (QED) is 0.880. The standard InChI is InChI=1S/C13H19N5O/c1-10-4-5-13(19-10)18(3)12-8-11(15-9-16-12)17(2)7-6-14/h4-5,8-9H,6-7,14H2,1-3H3. The van der Waals surface area contributed by atoms with Crippen LogP contribution in [0.5, 0.6) is 0 Å². The van der Waals surface area contributed by atoms with Crippen LogP contribution in [0, 0.1) is 6.92 Å². The second-order valence-electron chi connectivity index (χ2n) is 4.39. The zero-order chi connectivity index (χ0) is 13.8. The van der Waals surface area contributed by atoms with E-state index in [1.165, 1.54) is 0 Å². The molecule has 0 spiro atoms. The van der Waals surface area contributed by atoms with Crippen LogP contribution >= 0.6 is 0 Å². The van der Waals surface area contributed by atoms with Crippen molar-refractivity contribution in [1.29, 1.82) is 0 Å². The first kappa shape index (κ1) is 13.4. The Labute approximate surface area is 112 Å². The van der Waals surface area contributed by atoms with E-state index in [1.54, 1.807) is 6.33 Å². The summed E-state index contributed by atoms with van der Waals surface area (Å²) in [6, 6.07) is 5.75. The van der Waals surface area contributed by atoms with Crippen LogP contribution in [-0.4, -0.2) is 37.2 Å². The van der Waals surface area contributed by atoms with Crippen LogP contribution in [0.4, 0.5) is 17.5 Å². The van der Waals surface area contributed by atoms with Gasteiger partial charge < -0.3 is 15.1 Å². The van der Waals surface area contributed by atoms with Crippen LogP contribution in [0.2, 0.25) is 0 Å². The molecular weight excluding hydrogens is 242 g/mol. The van der Waals surface area contributed by atoms with Crippen LogP contribution < -0.4 is 15.5 Å². The van der Waals surface area contributed by atoms with E-state index in [9.17, 15) is 0 Å². The third kappa shape index (κ3) is 3.03. The van der Waals surface area contributed by atoms with E-state index in [0.29, 0.717) is 6.54 Å². The van der Waals surface area contributed by atoms with Crippen LogP contribution in [-0.2, 0) is 0 Å². The van der Waals surface area contributed by atoms with Crippen molar-refractivity contribution in [2.24, 2.45) is 5.73 Å². The molecule has 0 amide bonds. The first-order valence-corrected chi connectivity index (χ1v) is 6.15. The van der Waals surface area contributed by atoms with E-state index in [1.807, 2.05) is 49.0 Å². The van der Waals surface area contributed by atoms with E-state index in [4.69, 9.17) is 10.2 Å². The van der Waals surface area contributed by atoms with E-state index in [2.05, 4.69) is 9.97 Å². The molecule has 0 aromatic carbocycles. The van der Waals surface area contributed by atoms with Crippen LogP contribution in [0.3, 0.4) is 0 Å². The molecule has 0 aliphatic carbocycles. The summed E-state index contributed by atoms with van der Waals surface area (Å²) in [4.78, 5) is 12.4. The van der Waals surface area contributed by atoms with Gasteiger partial charge in [-0.3, -0.25) is 4.90 Å². The topological polar surface area (TPSA) is 71.4 Å². The van der Waals surface area contributed by atoms with Gasteiger partial charge in [-0.05, 0) is 13.0 Å². The van der Waals surface area contributed by atoms with E-state index in [-0.39, 0.29) is 0 Å². The molecule has 6 heteroatoms. The first-order valence-electron chi connectivity index (χ1n) is 6.15. The second-order valence-corrected chi connectivity index (χ2v) is 4.39. The fourth-order valence-electron chi connectivity index (χ4n) is 1.75. The zero-order valence-electron chi connectivity index (χ0n) is 11.5. The van der Waals surface area contributed by atoms with Crippen molar-refractivity contribution in [3.05, 3.63) is 30.3 Å². The van der Waals surface area contributed by atoms with Gasteiger partial charge in [0.15, 0.2) is 0 Å². The number of nitrogens with two attached hydrogens (primary N) is 1. The Balaban J connectivity index is 2.23. The third-order valence-corrected chi connectivity index (χ3v) is 2.89. The molecule has 2 aromatic heterocycles. The highest BCUT2D eigenvalue weighted by Crippen LogP contribution is 2.25. The molecule has 0 atom stereocenters. The molecule has 2 aromatic rings. The maximum absolute atomic E-state index is 5.58. The highest BCUT2D eigenvalue weighted by atomic mass is 16.4. The molecule has 0 unspecified atom stereocenters. The van der Waals surface area contributed by atoms with Gasteiger partial charge in [0.25, 0.3) is 0 Å². The lowest BCUT2D eigenvalue weighted by Gasteiger charge is -2.20. The van der Waals surface area contributed by atoms with Gasteiger partial charge in [-0.2, -0.15) is 0 Å². The maximum Gasteiger partial charge on any atom is 0.200 e. The fraction of sp³-hybridized carbons (Fsp3) is 0.385. The third-order valence-electron chi connectivity index (χ3n) is 2.89. The molecule has 0 saturated carbocycles. The Bertz CT molecular complexity index is 539. The van der Waals surface area contributed by atoms with Gasteiger partial charge in [0, 0.05) is 39.3 Å².